The predicted octanol–water partition coefficient (Wildman–Crippen LogP) is 2.88. The number of rotatable bonds is 5. The molecular formula is C14H19O4. The first-order valence-corrected chi connectivity index (χ1v) is 5.74. The van der Waals surface area contributed by atoms with Crippen LogP contribution in [0.3, 0.4) is 0 Å². The standard InChI is InChI=1S/C14H19O4/c1-14(2,3)12-7-5-11(6-8-12)13(15)18-17-10-9-16-4/h5-8,10H,9H2,1-4H3. The molecule has 0 amide bonds. The molecule has 99 valence electrons. The van der Waals surface area contributed by atoms with Crippen molar-refractivity contribution in [3.8, 4) is 0 Å². The van der Waals surface area contributed by atoms with Crippen LogP contribution >= 0.6 is 0 Å². The summed E-state index contributed by atoms with van der Waals surface area (Å²) in [5, 5.41) is 0. The fourth-order valence-corrected chi connectivity index (χ4v) is 1.33. The predicted molar refractivity (Wildman–Crippen MR) is 67.8 cm³/mol. The van der Waals surface area contributed by atoms with Crippen LogP contribution in [0.1, 0.15) is 36.7 Å². The van der Waals surface area contributed by atoms with Gasteiger partial charge in [-0.2, -0.15) is 4.89 Å². The Morgan fingerprint density at radius 1 is 1.22 bits per heavy atom. The van der Waals surface area contributed by atoms with E-state index in [1.54, 1.807) is 12.1 Å². The average Bonchev–Trinajstić information content (AvgIpc) is 2.33. The summed E-state index contributed by atoms with van der Waals surface area (Å²) >= 11 is 0. The molecule has 4 nitrogen and oxygen atoms in total. The zero-order chi connectivity index (χ0) is 13.6. The molecule has 0 bridgehead atoms. The topological polar surface area (TPSA) is 44.8 Å². The number of hydrogen-bond acceptors (Lipinski definition) is 4. The molecule has 0 saturated carbocycles. The van der Waals surface area contributed by atoms with Crippen molar-refractivity contribution < 1.29 is 19.3 Å². The van der Waals surface area contributed by atoms with Gasteiger partial charge in [0.25, 0.3) is 0 Å². The van der Waals surface area contributed by atoms with E-state index < -0.39 is 5.97 Å². The summed E-state index contributed by atoms with van der Waals surface area (Å²) in [5.74, 6) is -0.525. The van der Waals surface area contributed by atoms with Gasteiger partial charge in [-0.05, 0) is 23.1 Å². The van der Waals surface area contributed by atoms with Crippen molar-refractivity contribution in [2.45, 2.75) is 26.2 Å². The third kappa shape index (κ3) is 4.47. The molecular weight excluding hydrogens is 232 g/mol. The zero-order valence-corrected chi connectivity index (χ0v) is 11.2. The average molecular weight is 251 g/mol. The van der Waals surface area contributed by atoms with Crippen molar-refractivity contribution in [2.75, 3.05) is 13.7 Å². The Labute approximate surface area is 108 Å². The van der Waals surface area contributed by atoms with E-state index in [-0.39, 0.29) is 12.0 Å². The molecule has 1 radical (unpaired) electrons. The maximum atomic E-state index is 11.6. The zero-order valence-electron chi connectivity index (χ0n) is 11.2. The highest BCUT2D eigenvalue weighted by atomic mass is 17.2. The van der Waals surface area contributed by atoms with Crippen molar-refractivity contribution in [1.82, 2.24) is 0 Å². The highest BCUT2D eigenvalue weighted by molar-refractivity contribution is 5.88. The Balaban J connectivity index is 2.54. The molecule has 0 unspecified atom stereocenters. The molecule has 1 rings (SSSR count). The summed E-state index contributed by atoms with van der Waals surface area (Å²) in [6.07, 6.45) is 0. The maximum Gasteiger partial charge on any atom is 0.373 e. The number of carbonyl (C=O) groups excluding carboxylic acids is 1. The lowest BCUT2D eigenvalue weighted by Gasteiger charge is -2.18. The SMILES string of the molecule is COC[CH]OOC(=O)c1ccc(C(C)(C)C)cc1. The molecule has 0 fully saturated rings. The summed E-state index contributed by atoms with van der Waals surface area (Å²) in [6, 6.07) is 7.27. The lowest BCUT2D eigenvalue weighted by atomic mass is 9.87. The second-order valence-electron chi connectivity index (χ2n) is 4.92. The minimum Gasteiger partial charge on any atom is -0.382 e. The van der Waals surface area contributed by atoms with E-state index in [4.69, 9.17) is 4.74 Å². The Kier molecular flexibility index (Phi) is 5.31. The van der Waals surface area contributed by atoms with Crippen molar-refractivity contribution in [3.63, 3.8) is 0 Å². The summed E-state index contributed by atoms with van der Waals surface area (Å²) in [4.78, 5) is 20.7. The number of hydrogen-bond donors (Lipinski definition) is 0. The monoisotopic (exact) mass is 251 g/mol. The molecule has 1 aromatic carbocycles. The van der Waals surface area contributed by atoms with Gasteiger partial charge in [-0.3, -0.25) is 4.89 Å². The minimum absolute atomic E-state index is 0.0607. The Bertz CT molecular complexity index is 376. The summed E-state index contributed by atoms with van der Waals surface area (Å²) in [5.41, 5.74) is 1.67. The van der Waals surface area contributed by atoms with Crippen LogP contribution in [0.5, 0.6) is 0 Å². The third-order valence-electron chi connectivity index (χ3n) is 2.41. The van der Waals surface area contributed by atoms with Gasteiger partial charge in [0.05, 0.1) is 12.2 Å². The molecule has 18 heavy (non-hydrogen) atoms. The molecule has 0 aromatic heterocycles. The summed E-state index contributed by atoms with van der Waals surface area (Å²) in [6.45, 7) is 7.87. The molecule has 0 aliphatic carbocycles. The molecule has 0 atom stereocenters. The van der Waals surface area contributed by atoms with Gasteiger partial charge in [-0.1, -0.05) is 32.9 Å². The van der Waals surface area contributed by atoms with Crippen LogP contribution in [0, 0.1) is 6.61 Å². The number of benzene rings is 1. The van der Waals surface area contributed by atoms with Crippen LogP contribution in [0.15, 0.2) is 24.3 Å². The van der Waals surface area contributed by atoms with Gasteiger partial charge >= 0.3 is 5.97 Å². The van der Waals surface area contributed by atoms with Gasteiger partial charge in [0.1, 0.15) is 0 Å². The van der Waals surface area contributed by atoms with Crippen LogP contribution < -0.4 is 0 Å². The third-order valence-corrected chi connectivity index (χ3v) is 2.41. The van der Waals surface area contributed by atoms with E-state index in [9.17, 15) is 4.79 Å². The van der Waals surface area contributed by atoms with E-state index in [2.05, 4.69) is 30.5 Å². The lowest BCUT2D eigenvalue weighted by molar-refractivity contribution is -0.217. The van der Waals surface area contributed by atoms with Gasteiger partial charge in [0.15, 0.2) is 6.61 Å². The Hall–Kier alpha value is -1.39. The van der Waals surface area contributed by atoms with Gasteiger partial charge < -0.3 is 4.74 Å². The second-order valence-corrected chi connectivity index (χ2v) is 4.92. The van der Waals surface area contributed by atoms with Gasteiger partial charge in [-0.15, -0.1) is 0 Å². The Morgan fingerprint density at radius 3 is 2.33 bits per heavy atom. The molecule has 0 spiro atoms. The molecule has 0 N–H and O–H groups in total. The molecule has 4 heteroatoms. The molecule has 0 aliphatic rings. The van der Waals surface area contributed by atoms with E-state index in [0.29, 0.717) is 5.56 Å². The molecule has 0 saturated heterocycles. The van der Waals surface area contributed by atoms with E-state index in [0.717, 1.165) is 5.56 Å². The quantitative estimate of drug-likeness (QED) is 0.458. The van der Waals surface area contributed by atoms with Crippen LogP contribution in [0.2, 0.25) is 0 Å². The smallest absolute Gasteiger partial charge is 0.373 e. The van der Waals surface area contributed by atoms with Crippen LogP contribution in [0.25, 0.3) is 0 Å². The summed E-state index contributed by atoms with van der Waals surface area (Å²) in [7, 11) is 1.52. The molecule has 1 aromatic rings. The first-order chi connectivity index (χ1) is 8.45. The van der Waals surface area contributed by atoms with Crippen molar-refractivity contribution in [3.05, 3.63) is 42.0 Å². The summed E-state index contributed by atoms with van der Waals surface area (Å²) < 4.78 is 4.71. The minimum atomic E-state index is -0.525. The normalized spacial score (nSPS) is 11.3. The Morgan fingerprint density at radius 2 is 1.83 bits per heavy atom. The first-order valence-electron chi connectivity index (χ1n) is 5.74. The van der Waals surface area contributed by atoms with Crippen molar-refractivity contribution >= 4 is 5.97 Å². The molecule has 0 aliphatic heterocycles. The lowest BCUT2D eigenvalue weighted by Crippen LogP contribution is -2.12. The van der Waals surface area contributed by atoms with Crippen molar-refractivity contribution in [1.29, 1.82) is 0 Å². The van der Waals surface area contributed by atoms with Crippen molar-refractivity contribution in [2.24, 2.45) is 0 Å². The number of methoxy groups -OCH3 is 1. The first kappa shape index (κ1) is 14.7. The fraction of sp³-hybridized carbons (Fsp3) is 0.429. The van der Waals surface area contributed by atoms with Gasteiger partial charge in [0.2, 0.25) is 0 Å². The number of ether oxygens (including phenoxy) is 1. The largest absolute Gasteiger partial charge is 0.382 e. The second kappa shape index (κ2) is 6.52. The van der Waals surface area contributed by atoms with Gasteiger partial charge in [-0.25, -0.2) is 4.79 Å². The number of carbonyl (C=O) groups is 1. The fourth-order valence-electron chi connectivity index (χ4n) is 1.33. The van der Waals surface area contributed by atoms with Gasteiger partial charge in [0, 0.05) is 7.11 Å². The van der Waals surface area contributed by atoms with Crippen LogP contribution in [-0.4, -0.2) is 19.7 Å². The van der Waals surface area contributed by atoms with E-state index >= 15 is 0 Å². The molecule has 0 heterocycles. The van der Waals surface area contributed by atoms with Crippen LogP contribution in [0.4, 0.5) is 0 Å². The van der Waals surface area contributed by atoms with Crippen LogP contribution in [-0.2, 0) is 19.9 Å². The van der Waals surface area contributed by atoms with E-state index in [1.165, 1.54) is 13.7 Å². The highest BCUT2D eigenvalue weighted by Gasteiger charge is 2.15. The van der Waals surface area contributed by atoms with E-state index in [1.807, 2.05) is 12.1 Å². The maximum absolute atomic E-state index is 11.6. The highest BCUT2D eigenvalue weighted by Crippen LogP contribution is 2.22.